The summed E-state index contributed by atoms with van der Waals surface area (Å²) in [5.74, 6) is 0. The molecule has 0 aliphatic carbocycles. The lowest BCUT2D eigenvalue weighted by Gasteiger charge is -2.21. The van der Waals surface area contributed by atoms with Crippen molar-refractivity contribution in [1.82, 2.24) is 4.98 Å². The summed E-state index contributed by atoms with van der Waals surface area (Å²) in [4.78, 5) is 4.31. The molecule has 0 aliphatic rings. The summed E-state index contributed by atoms with van der Waals surface area (Å²) >= 11 is 1.65. The van der Waals surface area contributed by atoms with Crippen LogP contribution in [-0.4, -0.2) is 17.1 Å². The summed E-state index contributed by atoms with van der Waals surface area (Å²) in [7, 11) is 0. The molecule has 3 nitrogen and oxygen atoms in total. The van der Waals surface area contributed by atoms with Gasteiger partial charge in [-0.1, -0.05) is 6.92 Å². The summed E-state index contributed by atoms with van der Waals surface area (Å²) in [6.45, 7) is 7.21. The maximum atomic E-state index is 5.94. The number of hydrogen-bond acceptors (Lipinski definition) is 4. The highest BCUT2D eigenvalue weighted by Crippen LogP contribution is 2.11. The summed E-state index contributed by atoms with van der Waals surface area (Å²) in [6.07, 6.45) is 0.920. The van der Waals surface area contributed by atoms with Gasteiger partial charge < -0.3 is 10.5 Å². The molecule has 1 aromatic rings. The van der Waals surface area contributed by atoms with Crippen LogP contribution in [0.2, 0.25) is 0 Å². The number of hydrogen-bond donors (Lipinski definition) is 1. The Morgan fingerprint density at radius 3 is 2.86 bits per heavy atom. The lowest BCUT2D eigenvalue weighted by Crippen LogP contribution is -2.40. The Balaban J connectivity index is 2.28. The minimum absolute atomic E-state index is 0.217. The molecule has 1 heterocycles. The fourth-order valence-corrected chi connectivity index (χ4v) is 1.56. The van der Waals surface area contributed by atoms with Crippen molar-refractivity contribution in [2.24, 2.45) is 5.73 Å². The van der Waals surface area contributed by atoms with Gasteiger partial charge in [-0.25, -0.2) is 4.98 Å². The zero-order chi connectivity index (χ0) is 10.6. The van der Waals surface area contributed by atoms with Gasteiger partial charge in [-0.2, -0.15) is 0 Å². The van der Waals surface area contributed by atoms with Crippen molar-refractivity contribution in [2.75, 3.05) is 6.61 Å². The van der Waals surface area contributed by atoms with Crippen molar-refractivity contribution < 1.29 is 4.74 Å². The Bertz CT molecular complexity index is 283. The van der Waals surface area contributed by atoms with Crippen LogP contribution in [0.1, 0.15) is 31.0 Å². The smallest absolute Gasteiger partial charge is 0.0898 e. The Hall–Kier alpha value is -0.450. The molecule has 0 fully saturated rings. The van der Waals surface area contributed by atoms with Crippen LogP contribution < -0.4 is 5.73 Å². The topological polar surface area (TPSA) is 48.1 Å². The SMILES string of the molecule is CCC(C)(N)COCc1csc(C)n1. The minimum Gasteiger partial charge on any atom is -0.373 e. The first kappa shape index (κ1) is 11.6. The average molecular weight is 214 g/mol. The first-order valence-corrected chi connectivity index (χ1v) is 5.69. The van der Waals surface area contributed by atoms with Crippen molar-refractivity contribution in [2.45, 2.75) is 39.3 Å². The van der Waals surface area contributed by atoms with E-state index < -0.39 is 0 Å². The van der Waals surface area contributed by atoms with E-state index in [9.17, 15) is 0 Å². The maximum Gasteiger partial charge on any atom is 0.0898 e. The molecule has 0 bridgehead atoms. The van der Waals surface area contributed by atoms with Crippen LogP contribution in [0.4, 0.5) is 0 Å². The molecular formula is C10H18N2OS. The fourth-order valence-electron chi connectivity index (χ4n) is 0.965. The molecule has 0 saturated carbocycles. The van der Waals surface area contributed by atoms with E-state index in [1.54, 1.807) is 11.3 Å². The lowest BCUT2D eigenvalue weighted by molar-refractivity contribution is 0.0760. The quantitative estimate of drug-likeness (QED) is 0.816. The fraction of sp³-hybridized carbons (Fsp3) is 0.700. The molecule has 4 heteroatoms. The van der Waals surface area contributed by atoms with Gasteiger partial charge >= 0.3 is 0 Å². The van der Waals surface area contributed by atoms with Gasteiger partial charge in [0.15, 0.2) is 0 Å². The Morgan fingerprint density at radius 2 is 2.36 bits per heavy atom. The van der Waals surface area contributed by atoms with E-state index in [1.165, 1.54) is 0 Å². The van der Waals surface area contributed by atoms with Gasteiger partial charge in [0.1, 0.15) is 0 Å². The van der Waals surface area contributed by atoms with Gasteiger partial charge in [-0.15, -0.1) is 11.3 Å². The third kappa shape index (κ3) is 3.74. The van der Waals surface area contributed by atoms with Crippen LogP contribution >= 0.6 is 11.3 Å². The molecule has 0 saturated heterocycles. The van der Waals surface area contributed by atoms with Gasteiger partial charge in [0, 0.05) is 10.9 Å². The van der Waals surface area contributed by atoms with Crippen LogP contribution in [0, 0.1) is 6.92 Å². The lowest BCUT2D eigenvalue weighted by atomic mass is 10.0. The van der Waals surface area contributed by atoms with Gasteiger partial charge in [0.05, 0.1) is 23.9 Å². The normalized spacial score (nSPS) is 15.4. The largest absolute Gasteiger partial charge is 0.373 e. The van der Waals surface area contributed by atoms with E-state index in [0.717, 1.165) is 17.1 Å². The van der Waals surface area contributed by atoms with Crippen molar-refractivity contribution in [3.8, 4) is 0 Å². The summed E-state index contributed by atoms with van der Waals surface area (Å²) in [6, 6.07) is 0. The highest BCUT2D eigenvalue weighted by atomic mass is 32.1. The third-order valence-corrected chi connectivity index (χ3v) is 2.98. The van der Waals surface area contributed by atoms with E-state index >= 15 is 0 Å². The van der Waals surface area contributed by atoms with Gasteiger partial charge in [0.25, 0.3) is 0 Å². The minimum atomic E-state index is -0.217. The summed E-state index contributed by atoms with van der Waals surface area (Å²) in [5, 5.41) is 3.10. The van der Waals surface area contributed by atoms with Crippen molar-refractivity contribution in [1.29, 1.82) is 0 Å². The summed E-state index contributed by atoms with van der Waals surface area (Å²) < 4.78 is 5.51. The van der Waals surface area contributed by atoms with E-state index in [-0.39, 0.29) is 5.54 Å². The Morgan fingerprint density at radius 1 is 1.64 bits per heavy atom. The molecule has 2 N–H and O–H groups in total. The van der Waals surface area contributed by atoms with Crippen LogP contribution in [0.5, 0.6) is 0 Å². The van der Waals surface area contributed by atoms with Gasteiger partial charge in [0.2, 0.25) is 0 Å². The van der Waals surface area contributed by atoms with E-state index in [4.69, 9.17) is 10.5 Å². The van der Waals surface area contributed by atoms with Crippen LogP contribution in [0.15, 0.2) is 5.38 Å². The zero-order valence-corrected chi connectivity index (χ0v) is 9.86. The molecule has 1 rings (SSSR count). The van der Waals surface area contributed by atoms with Crippen LogP contribution in [0.25, 0.3) is 0 Å². The second kappa shape index (κ2) is 4.87. The third-order valence-electron chi connectivity index (χ3n) is 2.16. The number of thiazole rings is 1. The highest BCUT2D eigenvalue weighted by molar-refractivity contribution is 7.09. The standard InChI is InChI=1S/C10H18N2OS/c1-4-10(3,11)7-13-5-9-6-14-8(2)12-9/h6H,4-5,7,11H2,1-3H3. The van der Waals surface area contributed by atoms with E-state index in [1.807, 2.05) is 19.2 Å². The highest BCUT2D eigenvalue weighted by Gasteiger charge is 2.15. The molecule has 0 aliphatic heterocycles. The van der Waals surface area contributed by atoms with Gasteiger partial charge in [-0.3, -0.25) is 0 Å². The van der Waals surface area contributed by atoms with E-state index in [2.05, 4.69) is 11.9 Å². The van der Waals surface area contributed by atoms with Gasteiger partial charge in [-0.05, 0) is 20.3 Å². The monoisotopic (exact) mass is 214 g/mol. The van der Waals surface area contributed by atoms with Crippen molar-refractivity contribution in [3.05, 3.63) is 16.1 Å². The Kier molecular flexibility index (Phi) is 4.04. The second-order valence-corrected chi connectivity index (χ2v) is 4.92. The molecule has 1 atom stereocenters. The predicted molar refractivity (Wildman–Crippen MR) is 59.4 cm³/mol. The number of nitrogens with zero attached hydrogens (tertiary/aromatic N) is 1. The number of aryl methyl sites for hydroxylation is 1. The molecule has 14 heavy (non-hydrogen) atoms. The molecule has 0 aromatic carbocycles. The van der Waals surface area contributed by atoms with Crippen molar-refractivity contribution >= 4 is 11.3 Å². The first-order valence-electron chi connectivity index (χ1n) is 4.81. The van der Waals surface area contributed by atoms with Crippen LogP contribution in [0.3, 0.4) is 0 Å². The predicted octanol–water partition coefficient (Wildman–Crippen LogP) is 2.10. The summed E-state index contributed by atoms with van der Waals surface area (Å²) in [5.41, 5.74) is 6.72. The molecular weight excluding hydrogens is 196 g/mol. The molecule has 0 spiro atoms. The molecule has 1 aromatic heterocycles. The second-order valence-electron chi connectivity index (χ2n) is 3.86. The number of rotatable bonds is 5. The Labute approximate surface area is 89.3 Å². The average Bonchev–Trinajstić information content (AvgIpc) is 2.51. The van der Waals surface area contributed by atoms with Crippen molar-refractivity contribution in [3.63, 3.8) is 0 Å². The maximum absolute atomic E-state index is 5.94. The van der Waals surface area contributed by atoms with Crippen LogP contribution in [-0.2, 0) is 11.3 Å². The number of ether oxygens (including phenoxy) is 1. The zero-order valence-electron chi connectivity index (χ0n) is 9.04. The first-order chi connectivity index (χ1) is 6.53. The molecule has 0 amide bonds. The molecule has 0 radical (unpaired) electrons. The van der Waals surface area contributed by atoms with E-state index in [0.29, 0.717) is 13.2 Å². The molecule has 1 unspecified atom stereocenters. The molecule has 80 valence electrons. The number of aromatic nitrogens is 1. The number of nitrogens with two attached hydrogens (primary N) is 1.